The fraction of sp³-hybridized carbons (Fsp3) is 0.400. The molecule has 1 aliphatic rings. The molecular formula is C40H48N2O10. The van der Waals surface area contributed by atoms with Crippen LogP contribution in [0.15, 0.2) is 54.6 Å². The molecule has 0 aliphatic carbocycles. The maximum atomic E-state index is 13.7. The average Bonchev–Trinajstić information content (AvgIpc) is 3.12. The molecule has 1 unspecified atom stereocenters. The van der Waals surface area contributed by atoms with Crippen LogP contribution in [0, 0.1) is 0 Å². The molecule has 1 aliphatic heterocycles. The number of ether oxygens (including phenoxy) is 4. The molecule has 3 aromatic rings. The number of esters is 1. The topological polar surface area (TPSA) is 170 Å². The summed E-state index contributed by atoms with van der Waals surface area (Å²) in [6, 6.07) is 14.2. The summed E-state index contributed by atoms with van der Waals surface area (Å²) in [5.74, 6) is -2.87. The number of aromatic hydroxyl groups is 2. The summed E-state index contributed by atoms with van der Waals surface area (Å²) in [5, 5.41) is 28.8. The molecule has 4 N–H and O–H groups in total. The van der Waals surface area contributed by atoms with E-state index < -0.39 is 35.6 Å². The lowest BCUT2D eigenvalue weighted by molar-refractivity contribution is -0.126. The van der Waals surface area contributed by atoms with Gasteiger partial charge in [-0.25, -0.2) is 4.79 Å². The van der Waals surface area contributed by atoms with Crippen LogP contribution in [0.2, 0.25) is 0 Å². The second kappa shape index (κ2) is 19.2. The first kappa shape index (κ1) is 39.3. The highest BCUT2D eigenvalue weighted by molar-refractivity contribution is 5.98. The number of hydrogen-bond acceptors (Lipinski definition) is 10. The van der Waals surface area contributed by atoms with E-state index in [0.29, 0.717) is 57.1 Å². The summed E-state index contributed by atoms with van der Waals surface area (Å²) in [5.41, 5.74) is 1.36. The number of allylic oxidation sites excluding steroid dienone is 1. The fourth-order valence-corrected chi connectivity index (χ4v) is 6.20. The van der Waals surface area contributed by atoms with Gasteiger partial charge in [0, 0.05) is 37.3 Å². The minimum absolute atomic E-state index is 0.111. The molecule has 3 aromatic carbocycles. The number of rotatable bonds is 12. The number of hydrogen-bond donors (Lipinski definition) is 4. The number of fused-ring (bicyclic) bond motifs is 1. The number of carbonyl (C=O) groups is 4. The molecule has 12 nitrogen and oxygen atoms in total. The number of benzene rings is 3. The van der Waals surface area contributed by atoms with E-state index in [4.69, 9.17) is 18.9 Å². The molecule has 1 heterocycles. The van der Waals surface area contributed by atoms with Crippen molar-refractivity contribution in [2.75, 3.05) is 34.4 Å². The third kappa shape index (κ3) is 10.5. The van der Waals surface area contributed by atoms with E-state index in [1.807, 2.05) is 30.3 Å². The number of amides is 2. The third-order valence-corrected chi connectivity index (χ3v) is 8.90. The second-order valence-corrected chi connectivity index (χ2v) is 12.6. The van der Waals surface area contributed by atoms with Gasteiger partial charge in [0.25, 0.3) is 0 Å². The van der Waals surface area contributed by atoms with Gasteiger partial charge in [-0.2, -0.15) is 0 Å². The van der Waals surface area contributed by atoms with E-state index in [9.17, 15) is 29.4 Å². The summed E-state index contributed by atoms with van der Waals surface area (Å²) in [6.45, 7) is 1.78. The lowest BCUT2D eigenvalue weighted by Crippen LogP contribution is -2.38. The zero-order valence-electron chi connectivity index (χ0n) is 30.2. The van der Waals surface area contributed by atoms with Crippen LogP contribution in [0.5, 0.6) is 28.7 Å². The molecule has 0 aromatic heterocycles. The van der Waals surface area contributed by atoms with E-state index in [-0.39, 0.29) is 58.4 Å². The Balaban J connectivity index is 1.71. The van der Waals surface area contributed by atoms with Crippen LogP contribution in [0.1, 0.15) is 90.4 Å². The molecule has 12 heteroatoms. The van der Waals surface area contributed by atoms with Crippen molar-refractivity contribution in [1.29, 1.82) is 0 Å². The molecule has 0 fully saturated rings. The van der Waals surface area contributed by atoms with Crippen LogP contribution in [-0.4, -0.2) is 74.3 Å². The Morgan fingerprint density at radius 2 is 1.62 bits per heavy atom. The van der Waals surface area contributed by atoms with E-state index in [2.05, 4.69) is 10.6 Å². The summed E-state index contributed by atoms with van der Waals surface area (Å²) in [6.07, 6.45) is 6.02. The monoisotopic (exact) mass is 716 g/mol. The lowest BCUT2D eigenvalue weighted by Gasteiger charge is -2.24. The van der Waals surface area contributed by atoms with Gasteiger partial charge in [-0.05, 0) is 73.9 Å². The van der Waals surface area contributed by atoms with Crippen molar-refractivity contribution in [3.8, 4) is 28.7 Å². The Morgan fingerprint density at radius 3 is 2.29 bits per heavy atom. The number of nitrogens with one attached hydrogen (secondary N) is 2. The SMILES string of the molecule is COc1cc(C(CC(=O)NCC(=O)NCCc2ccccc2)c2c(O)cc3c(c2O)C(=O)O[C@@H](C)CCCC(=O)CCCC=C3)cc(OC)c1OC. The van der Waals surface area contributed by atoms with Crippen molar-refractivity contribution in [3.05, 3.63) is 82.4 Å². The first-order valence-electron chi connectivity index (χ1n) is 17.4. The van der Waals surface area contributed by atoms with Crippen LogP contribution >= 0.6 is 0 Å². The molecule has 0 radical (unpaired) electrons. The second-order valence-electron chi connectivity index (χ2n) is 12.6. The summed E-state index contributed by atoms with van der Waals surface area (Å²) in [7, 11) is 4.30. The zero-order valence-corrected chi connectivity index (χ0v) is 30.2. The van der Waals surface area contributed by atoms with Crippen LogP contribution in [0.4, 0.5) is 0 Å². The predicted molar refractivity (Wildman–Crippen MR) is 195 cm³/mol. The van der Waals surface area contributed by atoms with Gasteiger partial charge >= 0.3 is 5.97 Å². The van der Waals surface area contributed by atoms with Crippen molar-refractivity contribution in [1.82, 2.24) is 10.6 Å². The Labute approximate surface area is 304 Å². The Morgan fingerprint density at radius 1 is 0.923 bits per heavy atom. The van der Waals surface area contributed by atoms with E-state index in [0.717, 1.165) is 5.56 Å². The molecule has 0 saturated heterocycles. The van der Waals surface area contributed by atoms with Gasteiger partial charge in [-0.3, -0.25) is 14.4 Å². The van der Waals surface area contributed by atoms with Crippen LogP contribution < -0.4 is 24.8 Å². The van der Waals surface area contributed by atoms with Crippen molar-refractivity contribution in [3.63, 3.8) is 0 Å². The summed E-state index contributed by atoms with van der Waals surface area (Å²) >= 11 is 0. The van der Waals surface area contributed by atoms with Gasteiger partial charge in [0.05, 0.1) is 34.0 Å². The molecule has 0 saturated carbocycles. The van der Waals surface area contributed by atoms with Crippen LogP contribution in [-0.2, 0) is 25.5 Å². The summed E-state index contributed by atoms with van der Waals surface area (Å²) in [4.78, 5) is 52.1. The highest BCUT2D eigenvalue weighted by Crippen LogP contribution is 2.47. The van der Waals surface area contributed by atoms with Gasteiger partial charge in [-0.1, -0.05) is 42.5 Å². The van der Waals surface area contributed by atoms with Gasteiger partial charge < -0.3 is 39.8 Å². The van der Waals surface area contributed by atoms with Crippen molar-refractivity contribution in [2.45, 2.75) is 70.3 Å². The first-order valence-corrected chi connectivity index (χ1v) is 17.4. The molecular weight excluding hydrogens is 668 g/mol. The largest absolute Gasteiger partial charge is 0.507 e. The minimum Gasteiger partial charge on any atom is -0.507 e. The standard InChI is InChI=1S/C40H48N2O10/c1-25-12-11-17-29(43)16-10-6-9-15-27-20-31(44)37(38(47)36(27)40(48)52-25)30(28-21-32(49-2)39(51-4)33(22-28)50-3)23-34(45)42-24-35(46)41-19-18-26-13-7-5-8-14-26/h5,7-9,13-15,20-22,25,30,44,47H,6,10-12,16-19,23-24H2,1-4H3,(H,41,46)(H,42,45)/t25-,30?/m0/s1. The van der Waals surface area contributed by atoms with Crippen molar-refractivity contribution in [2.24, 2.45) is 0 Å². The van der Waals surface area contributed by atoms with Crippen LogP contribution in [0.25, 0.3) is 6.08 Å². The molecule has 0 bridgehead atoms. The lowest BCUT2D eigenvalue weighted by atomic mass is 9.84. The maximum Gasteiger partial charge on any atom is 0.342 e. The van der Waals surface area contributed by atoms with E-state index in [1.165, 1.54) is 27.4 Å². The Bertz CT molecular complexity index is 1730. The molecule has 2 atom stereocenters. The average molecular weight is 717 g/mol. The molecule has 278 valence electrons. The van der Waals surface area contributed by atoms with E-state index in [1.54, 1.807) is 31.2 Å². The van der Waals surface area contributed by atoms with Crippen LogP contribution in [0.3, 0.4) is 0 Å². The fourth-order valence-electron chi connectivity index (χ4n) is 6.20. The Hall–Kier alpha value is -5.52. The van der Waals surface area contributed by atoms with Crippen molar-refractivity contribution < 1.29 is 48.3 Å². The molecule has 2 amide bonds. The van der Waals surface area contributed by atoms with Gasteiger partial charge in [-0.15, -0.1) is 0 Å². The number of carbonyl (C=O) groups excluding carboxylic acids is 4. The highest BCUT2D eigenvalue weighted by atomic mass is 16.5. The maximum absolute atomic E-state index is 13.7. The summed E-state index contributed by atoms with van der Waals surface area (Å²) < 4.78 is 22.3. The quantitative estimate of drug-likeness (QED) is 0.173. The number of ketones is 1. The smallest absolute Gasteiger partial charge is 0.342 e. The normalized spacial score (nSPS) is 15.7. The van der Waals surface area contributed by atoms with Gasteiger partial charge in [0.15, 0.2) is 11.5 Å². The number of methoxy groups -OCH3 is 3. The number of phenolic OH excluding ortho intramolecular Hbond substituents is 2. The van der Waals surface area contributed by atoms with Gasteiger partial charge in [0.1, 0.15) is 22.8 Å². The first-order chi connectivity index (χ1) is 25.1. The van der Waals surface area contributed by atoms with Crippen molar-refractivity contribution >= 4 is 29.6 Å². The number of Topliss-reactive ketones (excluding diaryl/α,β-unsaturated/α-hetero) is 1. The minimum atomic E-state index is -1.08. The zero-order chi connectivity index (χ0) is 37.6. The van der Waals surface area contributed by atoms with Gasteiger partial charge in [0.2, 0.25) is 17.6 Å². The predicted octanol–water partition coefficient (Wildman–Crippen LogP) is 5.60. The highest BCUT2D eigenvalue weighted by Gasteiger charge is 2.32. The third-order valence-electron chi connectivity index (χ3n) is 8.90. The Kier molecular flexibility index (Phi) is 14.5. The number of cyclic esters (lactones) is 1. The number of phenols is 2. The molecule has 52 heavy (non-hydrogen) atoms. The molecule has 4 rings (SSSR count). The molecule has 0 spiro atoms. The van der Waals surface area contributed by atoms with E-state index >= 15 is 0 Å².